The summed E-state index contributed by atoms with van der Waals surface area (Å²) in [5.41, 5.74) is 3.67. The average Bonchev–Trinajstić information content (AvgIpc) is 2.99. The van der Waals surface area contributed by atoms with Gasteiger partial charge in [-0.05, 0) is 81.8 Å². The Morgan fingerprint density at radius 3 is 1.40 bits per heavy atom. The lowest BCUT2D eigenvalue weighted by molar-refractivity contribution is 0.239. The van der Waals surface area contributed by atoms with Crippen LogP contribution in [0.3, 0.4) is 0 Å². The summed E-state index contributed by atoms with van der Waals surface area (Å²) in [6.07, 6.45) is 15.9. The van der Waals surface area contributed by atoms with E-state index in [2.05, 4.69) is 44.9 Å². The fraction of sp³-hybridized carbons (Fsp3) is 0.600. The lowest BCUT2D eigenvalue weighted by Gasteiger charge is -2.18. The first-order valence-corrected chi connectivity index (χ1v) is 16.5. The Morgan fingerprint density at radius 1 is 0.581 bits per heavy atom. The largest absolute Gasteiger partial charge is 0.325 e. The van der Waals surface area contributed by atoms with E-state index in [0.717, 1.165) is 48.4 Å². The van der Waals surface area contributed by atoms with E-state index < -0.39 is 0 Å². The van der Waals surface area contributed by atoms with Gasteiger partial charge in [0.05, 0.1) is 13.3 Å². The number of carbonyl (C=O) groups is 2. The number of amides is 4. The molecule has 0 heterocycles. The van der Waals surface area contributed by atoms with Crippen LogP contribution < -0.4 is 21.3 Å². The highest BCUT2D eigenvalue weighted by Gasteiger charge is 2.07. The van der Waals surface area contributed by atoms with Gasteiger partial charge in [0.25, 0.3) is 0 Å². The molecule has 0 aromatic heterocycles. The van der Waals surface area contributed by atoms with Crippen LogP contribution in [0.5, 0.6) is 0 Å². The maximum atomic E-state index is 12.5. The van der Waals surface area contributed by atoms with Gasteiger partial charge in [-0.25, -0.2) is 9.59 Å². The highest BCUT2D eigenvalue weighted by molar-refractivity contribution is 5.89. The molecule has 4 N–H and O–H groups in total. The quantitative estimate of drug-likeness (QED) is 0.0821. The van der Waals surface area contributed by atoms with Gasteiger partial charge < -0.3 is 21.3 Å². The molecule has 0 unspecified atom stereocenters. The molecule has 0 aliphatic heterocycles. The third-order valence-corrected chi connectivity index (χ3v) is 7.58. The molecule has 0 fully saturated rings. The van der Waals surface area contributed by atoms with E-state index in [1.165, 1.54) is 64.2 Å². The summed E-state index contributed by atoms with van der Waals surface area (Å²) in [6.45, 7) is 7.46. The minimum atomic E-state index is -0.207. The Hall–Kier alpha value is -3.10. The monoisotopic (exact) mass is 594 g/mol. The summed E-state index contributed by atoms with van der Waals surface area (Å²) >= 11 is 0. The van der Waals surface area contributed by atoms with Crippen LogP contribution in [0.2, 0.25) is 0 Å². The van der Waals surface area contributed by atoms with Crippen molar-refractivity contribution in [2.45, 2.75) is 97.3 Å². The van der Waals surface area contributed by atoms with E-state index in [1.54, 1.807) is 0 Å². The van der Waals surface area contributed by atoms with Crippen molar-refractivity contribution in [2.24, 2.45) is 0 Å². The first-order chi connectivity index (χ1) is 20.9. The Labute approximate surface area is 261 Å². The van der Waals surface area contributed by atoms with Gasteiger partial charge in [-0.2, -0.15) is 0 Å². The summed E-state index contributed by atoms with van der Waals surface area (Å²) in [5.74, 6) is 0. The zero-order valence-corrected chi connectivity index (χ0v) is 27.4. The van der Waals surface area contributed by atoms with E-state index in [1.807, 2.05) is 62.6 Å². The highest BCUT2D eigenvalue weighted by Crippen LogP contribution is 2.18. The number of anilines is 2. The van der Waals surface area contributed by atoms with Gasteiger partial charge in [-0.1, -0.05) is 102 Å². The SMILES string of the molecule is CCCCCCCCN(C)CNC(=O)Nc1cccc(Cc2cccc(NC(=O)NCN(C)CCCCCCCC)c2)c1. The van der Waals surface area contributed by atoms with E-state index in [0.29, 0.717) is 19.8 Å². The highest BCUT2D eigenvalue weighted by atomic mass is 16.2. The van der Waals surface area contributed by atoms with Crippen molar-refractivity contribution in [2.75, 3.05) is 51.2 Å². The summed E-state index contributed by atoms with van der Waals surface area (Å²) in [7, 11) is 4.07. The number of unbranched alkanes of at least 4 members (excludes halogenated alkanes) is 10. The molecule has 0 aliphatic rings. The maximum Gasteiger partial charge on any atom is 0.320 e. The van der Waals surface area contributed by atoms with Gasteiger partial charge in [0.15, 0.2) is 0 Å². The lowest BCUT2D eigenvalue weighted by atomic mass is 10.0. The normalized spacial score (nSPS) is 11.1. The predicted molar refractivity (Wildman–Crippen MR) is 182 cm³/mol. The molecule has 0 saturated heterocycles. The van der Waals surface area contributed by atoms with Crippen molar-refractivity contribution in [1.29, 1.82) is 0 Å². The van der Waals surface area contributed by atoms with Crippen LogP contribution in [0, 0.1) is 0 Å². The van der Waals surface area contributed by atoms with Crippen molar-refractivity contribution < 1.29 is 9.59 Å². The topological polar surface area (TPSA) is 88.7 Å². The second kappa shape index (κ2) is 22.4. The van der Waals surface area contributed by atoms with Crippen LogP contribution in [0.1, 0.15) is 102 Å². The van der Waals surface area contributed by atoms with Crippen molar-refractivity contribution in [1.82, 2.24) is 20.4 Å². The summed E-state index contributed by atoms with van der Waals surface area (Å²) < 4.78 is 0. The Balaban J connectivity index is 1.71. The summed E-state index contributed by atoms with van der Waals surface area (Å²) in [5, 5.41) is 11.8. The number of carbonyl (C=O) groups excluding carboxylic acids is 2. The van der Waals surface area contributed by atoms with Gasteiger partial charge in [0.2, 0.25) is 0 Å². The van der Waals surface area contributed by atoms with Crippen molar-refractivity contribution in [3.05, 3.63) is 59.7 Å². The molecule has 8 heteroatoms. The molecular formula is C35H58N6O2. The predicted octanol–water partition coefficient (Wildman–Crippen LogP) is 8.02. The molecular weight excluding hydrogens is 536 g/mol. The number of hydrogen-bond acceptors (Lipinski definition) is 4. The molecule has 2 aromatic carbocycles. The molecule has 43 heavy (non-hydrogen) atoms. The second-order valence-corrected chi connectivity index (χ2v) is 11.9. The third kappa shape index (κ3) is 17.6. The van der Waals surface area contributed by atoms with E-state index in [4.69, 9.17) is 0 Å². The van der Waals surface area contributed by atoms with Gasteiger partial charge in [0.1, 0.15) is 0 Å². The number of nitrogens with zero attached hydrogens (tertiary/aromatic N) is 2. The van der Waals surface area contributed by atoms with Crippen LogP contribution in [0.4, 0.5) is 21.0 Å². The molecule has 4 amide bonds. The Kier molecular flexibility index (Phi) is 18.8. The zero-order valence-electron chi connectivity index (χ0n) is 27.4. The van der Waals surface area contributed by atoms with E-state index in [9.17, 15) is 9.59 Å². The molecule has 240 valence electrons. The molecule has 0 radical (unpaired) electrons. The molecule has 0 atom stereocenters. The summed E-state index contributed by atoms with van der Waals surface area (Å²) in [4.78, 5) is 29.2. The number of nitrogens with one attached hydrogen (secondary N) is 4. The second-order valence-electron chi connectivity index (χ2n) is 11.9. The lowest BCUT2D eigenvalue weighted by Crippen LogP contribution is -2.38. The zero-order chi connectivity index (χ0) is 31.1. The molecule has 2 aromatic rings. The first-order valence-electron chi connectivity index (χ1n) is 16.5. The average molecular weight is 595 g/mol. The fourth-order valence-corrected chi connectivity index (χ4v) is 5.00. The number of urea groups is 2. The van der Waals surface area contributed by atoms with Gasteiger partial charge in [-0.3, -0.25) is 9.80 Å². The van der Waals surface area contributed by atoms with Crippen LogP contribution >= 0.6 is 0 Å². The number of hydrogen-bond donors (Lipinski definition) is 4. The Morgan fingerprint density at radius 2 is 0.977 bits per heavy atom. The van der Waals surface area contributed by atoms with Gasteiger partial charge in [-0.15, -0.1) is 0 Å². The third-order valence-electron chi connectivity index (χ3n) is 7.58. The van der Waals surface area contributed by atoms with E-state index >= 15 is 0 Å². The molecule has 0 bridgehead atoms. The molecule has 0 spiro atoms. The smallest absolute Gasteiger partial charge is 0.320 e. The van der Waals surface area contributed by atoms with Crippen LogP contribution in [0.25, 0.3) is 0 Å². The van der Waals surface area contributed by atoms with Crippen molar-refractivity contribution >= 4 is 23.4 Å². The number of benzene rings is 2. The number of rotatable bonds is 22. The van der Waals surface area contributed by atoms with Crippen molar-refractivity contribution in [3.8, 4) is 0 Å². The minimum Gasteiger partial charge on any atom is -0.325 e. The standard InChI is InChI=1S/C35H58N6O2/c1-5-7-9-11-13-15-23-40(3)28-36-34(42)38-32-21-17-19-30(26-32)25-31-20-18-22-33(27-31)39-35(43)37-29-41(4)24-16-14-12-10-8-6-2/h17-22,26-27H,5-16,23-25,28-29H2,1-4H3,(H2,36,38,42)(H2,37,39,43). The molecule has 0 saturated carbocycles. The Bertz CT molecular complexity index is 965. The van der Waals surface area contributed by atoms with E-state index in [-0.39, 0.29) is 12.1 Å². The van der Waals surface area contributed by atoms with Gasteiger partial charge in [0, 0.05) is 11.4 Å². The molecule has 8 nitrogen and oxygen atoms in total. The van der Waals surface area contributed by atoms with Crippen molar-refractivity contribution in [3.63, 3.8) is 0 Å². The van der Waals surface area contributed by atoms with Crippen LogP contribution in [-0.4, -0.2) is 62.4 Å². The first kappa shape index (κ1) is 36.1. The summed E-state index contributed by atoms with van der Waals surface area (Å²) in [6, 6.07) is 15.4. The van der Waals surface area contributed by atoms with Crippen LogP contribution in [0.15, 0.2) is 48.5 Å². The minimum absolute atomic E-state index is 0.207. The maximum absolute atomic E-state index is 12.5. The fourth-order valence-electron chi connectivity index (χ4n) is 5.00. The van der Waals surface area contributed by atoms with Gasteiger partial charge >= 0.3 is 12.1 Å². The molecule has 0 aliphatic carbocycles. The molecule has 2 rings (SSSR count). The van der Waals surface area contributed by atoms with Crippen LogP contribution in [-0.2, 0) is 6.42 Å².